The molecule has 0 N–H and O–H groups in total. The zero-order valence-corrected chi connectivity index (χ0v) is 14.7. The average Bonchev–Trinajstić information content (AvgIpc) is 3.12. The molecular weight excluding hydrogens is 348 g/mol. The number of non-ortho nitro benzene ring substituents is 1. The number of hydrogen-bond acceptors (Lipinski definition) is 6. The molecule has 0 bridgehead atoms. The number of carbonyl (C=O) groups excluding carboxylic acids is 1. The second-order valence-electron chi connectivity index (χ2n) is 7.09. The lowest BCUT2D eigenvalue weighted by molar-refractivity contribution is -0.384. The third kappa shape index (κ3) is 4.09. The first-order valence-corrected chi connectivity index (χ1v) is 8.95. The summed E-state index contributed by atoms with van der Waals surface area (Å²) in [5.41, 5.74) is 1.26. The molecule has 2 unspecified atom stereocenters. The Kier molecular flexibility index (Phi) is 4.77. The first-order chi connectivity index (χ1) is 13.1. The Bertz CT molecular complexity index is 812. The highest BCUT2D eigenvalue weighted by Gasteiger charge is 2.55. The summed E-state index contributed by atoms with van der Waals surface area (Å²) in [4.78, 5) is 24.3. The topological polar surface area (TPSA) is 81.9 Å². The number of benzene rings is 2. The second kappa shape index (κ2) is 7.36. The molecule has 4 rings (SSSR count). The maximum absolute atomic E-state index is 11.8. The molecule has 1 heterocycles. The van der Waals surface area contributed by atoms with E-state index in [1.54, 1.807) is 0 Å². The quantitative estimate of drug-likeness (QED) is 0.336. The molecule has 2 aliphatic rings. The monoisotopic (exact) mass is 368 g/mol. The Morgan fingerprint density at radius 3 is 2.37 bits per heavy atom. The third-order valence-electron chi connectivity index (χ3n) is 5.34. The van der Waals surface area contributed by atoms with Gasteiger partial charge in [-0.3, -0.25) is 15.0 Å². The second-order valence-corrected chi connectivity index (χ2v) is 7.09. The maximum atomic E-state index is 11.8. The van der Waals surface area contributed by atoms with Gasteiger partial charge in [0.2, 0.25) is 0 Å². The average molecular weight is 368 g/mol. The fourth-order valence-corrected chi connectivity index (χ4v) is 3.88. The van der Waals surface area contributed by atoms with E-state index in [1.807, 2.05) is 6.07 Å². The summed E-state index contributed by atoms with van der Waals surface area (Å²) >= 11 is 0. The number of nitrogens with zero attached hydrogens (tertiary/aromatic N) is 2. The standard InChI is InChI=1S/C20H20N2O5/c23-20(27-16-8-6-15(7-9-16)22(24)25)26-13-19-17-11-21(12-18(17)19)10-14-4-2-1-3-5-14/h1-9,17-19H,10-13H2. The van der Waals surface area contributed by atoms with E-state index in [2.05, 4.69) is 29.2 Å². The molecule has 2 aromatic rings. The molecule has 0 aromatic heterocycles. The van der Waals surface area contributed by atoms with Gasteiger partial charge in [0.05, 0.1) is 11.5 Å². The van der Waals surface area contributed by atoms with Crippen LogP contribution in [0.4, 0.5) is 10.5 Å². The van der Waals surface area contributed by atoms with Crippen LogP contribution in [0.1, 0.15) is 5.56 Å². The normalized spacial score (nSPS) is 23.5. The highest BCUT2D eigenvalue weighted by Crippen LogP contribution is 2.52. The highest BCUT2D eigenvalue weighted by atomic mass is 16.7. The smallest absolute Gasteiger partial charge is 0.434 e. The van der Waals surface area contributed by atoms with Crippen molar-refractivity contribution in [3.05, 3.63) is 70.3 Å². The number of carbonyl (C=O) groups is 1. The van der Waals surface area contributed by atoms with Gasteiger partial charge in [-0.1, -0.05) is 30.3 Å². The Labute approximate surface area is 156 Å². The molecule has 0 amide bonds. The summed E-state index contributed by atoms with van der Waals surface area (Å²) in [5, 5.41) is 10.6. The summed E-state index contributed by atoms with van der Waals surface area (Å²) in [6.07, 6.45) is -0.769. The number of nitro benzene ring substituents is 1. The number of rotatable bonds is 6. The van der Waals surface area contributed by atoms with Crippen molar-refractivity contribution in [2.45, 2.75) is 6.54 Å². The summed E-state index contributed by atoms with van der Waals surface area (Å²) in [6.45, 7) is 3.39. The maximum Gasteiger partial charge on any atom is 0.513 e. The van der Waals surface area contributed by atoms with Crippen LogP contribution in [-0.4, -0.2) is 35.7 Å². The number of hydrogen-bond donors (Lipinski definition) is 0. The lowest BCUT2D eigenvalue weighted by atomic mass is 10.2. The molecule has 2 fully saturated rings. The van der Waals surface area contributed by atoms with Gasteiger partial charge >= 0.3 is 6.16 Å². The molecule has 1 aliphatic carbocycles. The summed E-state index contributed by atoms with van der Waals surface area (Å²) in [5.74, 6) is 1.80. The van der Waals surface area contributed by atoms with E-state index < -0.39 is 11.1 Å². The van der Waals surface area contributed by atoms with Crippen molar-refractivity contribution in [3.63, 3.8) is 0 Å². The fourth-order valence-electron chi connectivity index (χ4n) is 3.88. The molecule has 1 aliphatic heterocycles. The molecular formula is C20H20N2O5. The fraction of sp³-hybridized carbons (Fsp3) is 0.350. The molecule has 27 heavy (non-hydrogen) atoms. The summed E-state index contributed by atoms with van der Waals surface area (Å²) in [7, 11) is 0. The third-order valence-corrected chi connectivity index (χ3v) is 5.34. The molecule has 7 nitrogen and oxygen atoms in total. The summed E-state index contributed by atoms with van der Waals surface area (Å²) in [6, 6.07) is 15.7. The van der Waals surface area contributed by atoms with Crippen molar-refractivity contribution in [1.29, 1.82) is 0 Å². The molecule has 1 saturated heterocycles. The Hall–Kier alpha value is -2.93. The predicted molar refractivity (Wildman–Crippen MR) is 97.3 cm³/mol. The van der Waals surface area contributed by atoms with Gasteiger partial charge in [-0.2, -0.15) is 0 Å². The van der Waals surface area contributed by atoms with Gasteiger partial charge in [0.25, 0.3) is 5.69 Å². The van der Waals surface area contributed by atoms with Gasteiger partial charge in [-0.25, -0.2) is 4.79 Å². The van der Waals surface area contributed by atoms with Gasteiger partial charge in [-0.05, 0) is 29.5 Å². The molecule has 7 heteroatoms. The van der Waals surface area contributed by atoms with Crippen LogP contribution in [0.5, 0.6) is 5.75 Å². The number of likely N-dealkylation sites (tertiary alicyclic amines) is 1. The number of ether oxygens (including phenoxy) is 2. The van der Waals surface area contributed by atoms with Crippen molar-refractivity contribution in [3.8, 4) is 5.75 Å². The summed E-state index contributed by atoms with van der Waals surface area (Å²) < 4.78 is 10.3. The Morgan fingerprint density at radius 2 is 1.74 bits per heavy atom. The molecule has 2 atom stereocenters. The lowest BCUT2D eigenvalue weighted by Gasteiger charge is -2.19. The van der Waals surface area contributed by atoms with Crippen LogP contribution < -0.4 is 4.74 Å². The Balaban J connectivity index is 1.18. The first kappa shape index (κ1) is 17.5. The van der Waals surface area contributed by atoms with Gasteiger partial charge < -0.3 is 9.47 Å². The van der Waals surface area contributed by atoms with Crippen LogP contribution in [0.2, 0.25) is 0 Å². The van der Waals surface area contributed by atoms with E-state index >= 15 is 0 Å². The van der Waals surface area contributed by atoms with Crippen LogP contribution in [-0.2, 0) is 11.3 Å². The van der Waals surface area contributed by atoms with Crippen LogP contribution in [0.25, 0.3) is 0 Å². The highest BCUT2D eigenvalue weighted by molar-refractivity contribution is 5.64. The number of piperidine rings is 1. The van der Waals surface area contributed by atoms with Crippen LogP contribution in [0.15, 0.2) is 54.6 Å². The largest absolute Gasteiger partial charge is 0.513 e. The molecule has 140 valence electrons. The van der Waals surface area contributed by atoms with E-state index in [0.717, 1.165) is 19.6 Å². The minimum Gasteiger partial charge on any atom is -0.434 e. The van der Waals surface area contributed by atoms with Gasteiger partial charge in [0.15, 0.2) is 0 Å². The van der Waals surface area contributed by atoms with Crippen LogP contribution >= 0.6 is 0 Å². The van der Waals surface area contributed by atoms with Crippen molar-refractivity contribution in [2.24, 2.45) is 17.8 Å². The predicted octanol–water partition coefficient (Wildman–Crippen LogP) is 3.49. The molecule has 2 aromatic carbocycles. The van der Waals surface area contributed by atoms with E-state index in [1.165, 1.54) is 29.8 Å². The number of fused-ring (bicyclic) bond motifs is 1. The minimum atomic E-state index is -0.769. The van der Waals surface area contributed by atoms with E-state index in [0.29, 0.717) is 24.4 Å². The van der Waals surface area contributed by atoms with Gasteiger partial charge in [0, 0.05) is 37.7 Å². The zero-order chi connectivity index (χ0) is 18.8. The van der Waals surface area contributed by atoms with Crippen LogP contribution in [0, 0.1) is 27.9 Å². The first-order valence-electron chi connectivity index (χ1n) is 8.95. The molecule has 0 radical (unpaired) electrons. The van der Waals surface area contributed by atoms with Crippen LogP contribution in [0.3, 0.4) is 0 Å². The van der Waals surface area contributed by atoms with Gasteiger partial charge in [-0.15, -0.1) is 0 Å². The van der Waals surface area contributed by atoms with E-state index in [4.69, 9.17) is 9.47 Å². The van der Waals surface area contributed by atoms with E-state index in [9.17, 15) is 14.9 Å². The minimum absolute atomic E-state index is 0.0541. The lowest BCUT2D eigenvalue weighted by Crippen LogP contribution is -2.25. The SMILES string of the molecule is O=C(OCC1C2CN(Cc3ccccc3)CC12)Oc1ccc([N+](=O)[O-])cc1. The molecule has 1 saturated carbocycles. The van der Waals surface area contributed by atoms with Gasteiger partial charge in [0.1, 0.15) is 5.75 Å². The van der Waals surface area contributed by atoms with Crippen molar-refractivity contribution in [2.75, 3.05) is 19.7 Å². The zero-order valence-electron chi connectivity index (χ0n) is 14.7. The van der Waals surface area contributed by atoms with Crippen molar-refractivity contribution in [1.82, 2.24) is 4.90 Å². The number of nitro groups is 1. The van der Waals surface area contributed by atoms with E-state index in [-0.39, 0.29) is 11.4 Å². The van der Waals surface area contributed by atoms with Crippen molar-refractivity contribution < 1.29 is 19.2 Å². The Morgan fingerprint density at radius 1 is 1.07 bits per heavy atom. The van der Waals surface area contributed by atoms with Crippen molar-refractivity contribution >= 4 is 11.8 Å². The molecule has 0 spiro atoms.